The molecule has 3 aromatic heterocycles. The number of aromatic nitrogens is 5. The minimum absolute atomic E-state index is 0.00101. The normalized spacial score (nSPS) is 10.9. The van der Waals surface area contributed by atoms with E-state index in [-0.39, 0.29) is 58.0 Å². The SMILES string of the molecule is CCOc1cc(F)c(Cn2nc(-c3ncc(OC)c(Nc4ccncc4C(=O)O)n3)c(F)c2C)c(F)c1. The number of nitrogens with one attached hydrogen (secondary N) is 1. The van der Waals surface area contributed by atoms with Crippen molar-refractivity contribution in [1.29, 1.82) is 0 Å². The van der Waals surface area contributed by atoms with Gasteiger partial charge in [0, 0.05) is 30.1 Å². The fourth-order valence-corrected chi connectivity index (χ4v) is 3.48. The first-order valence-electron chi connectivity index (χ1n) is 10.9. The number of benzene rings is 1. The molecule has 4 aromatic rings. The number of carboxylic acid groups (broad SMARTS) is 1. The Bertz CT molecular complexity index is 1450. The summed E-state index contributed by atoms with van der Waals surface area (Å²) in [6, 6.07) is 3.52. The molecule has 0 fully saturated rings. The van der Waals surface area contributed by atoms with Crippen LogP contribution in [0.2, 0.25) is 0 Å². The summed E-state index contributed by atoms with van der Waals surface area (Å²) in [7, 11) is 1.35. The van der Waals surface area contributed by atoms with Crippen molar-refractivity contribution in [2.24, 2.45) is 0 Å². The lowest BCUT2D eigenvalue weighted by atomic mass is 10.2. The monoisotopic (exact) mass is 514 g/mol. The first-order chi connectivity index (χ1) is 17.7. The Morgan fingerprint density at radius 1 is 1.19 bits per heavy atom. The summed E-state index contributed by atoms with van der Waals surface area (Å²) in [5.74, 6) is -3.68. The lowest BCUT2D eigenvalue weighted by Gasteiger charge is -2.12. The van der Waals surface area contributed by atoms with Crippen LogP contribution in [0.5, 0.6) is 11.5 Å². The van der Waals surface area contributed by atoms with Crippen LogP contribution >= 0.6 is 0 Å². The average molecular weight is 514 g/mol. The van der Waals surface area contributed by atoms with Gasteiger partial charge < -0.3 is 19.9 Å². The summed E-state index contributed by atoms with van der Waals surface area (Å²) in [6.45, 7) is 2.93. The predicted molar refractivity (Wildman–Crippen MR) is 126 cm³/mol. The molecule has 0 unspecified atom stereocenters. The van der Waals surface area contributed by atoms with Gasteiger partial charge in [-0.3, -0.25) is 9.67 Å². The molecule has 13 heteroatoms. The zero-order chi connectivity index (χ0) is 26.7. The van der Waals surface area contributed by atoms with Crippen molar-refractivity contribution >= 4 is 17.5 Å². The summed E-state index contributed by atoms with van der Waals surface area (Å²) < 4.78 is 55.8. The molecule has 0 atom stereocenters. The molecule has 3 heterocycles. The zero-order valence-corrected chi connectivity index (χ0v) is 19.9. The second kappa shape index (κ2) is 10.5. The number of rotatable bonds is 9. The number of aromatic carboxylic acids is 1. The van der Waals surface area contributed by atoms with Crippen molar-refractivity contribution in [3.05, 3.63) is 71.1 Å². The van der Waals surface area contributed by atoms with Gasteiger partial charge in [0.05, 0.1) is 37.8 Å². The number of hydrogen-bond donors (Lipinski definition) is 2. The molecule has 192 valence electrons. The van der Waals surface area contributed by atoms with E-state index < -0.39 is 30.0 Å². The number of hydrogen-bond acceptors (Lipinski definition) is 8. The van der Waals surface area contributed by atoms with Gasteiger partial charge in [-0.15, -0.1) is 0 Å². The van der Waals surface area contributed by atoms with Gasteiger partial charge in [0.25, 0.3) is 0 Å². The van der Waals surface area contributed by atoms with E-state index in [1.807, 2.05) is 0 Å². The summed E-state index contributed by atoms with van der Waals surface area (Å²) in [5, 5.41) is 16.4. The molecular weight excluding hydrogens is 493 g/mol. The maximum absolute atomic E-state index is 15.2. The van der Waals surface area contributed by atoms with Crippen molar-refractivity contribution in [2.75, 3.05) is 19.0 Å². The van der Waals surface area contributed by atoms with E-state index >= 15 is 4.39 Å². The van der Waals surface area contributed by atoms with Crippen LogP contribution in [0.15, 0.2) is 36.8 Å². The van der Waals surface area contributed by atoms with E-state index in [1.54, 1.807) is 6.92 Å². The van der Waals surface area contributed by atoms with Crippen molar-refractivity contribution in [3.63, 3.8) is 0 Å². The van der Waals surface area contributed by atoms with Gasteiger partial charge in [0.1, 0.15) is 22.9 Å². The number of anilines is 2. The Morgan fingerprint density at radius 3 is 2.57 bits per heavy atom. The van der Waals surface area contributed by atoms with Crippen LogP contribution in [0.1, 0.15) is 28.5 Å². The van der Waals surface area contributed by atoms with Crippen LogP contribution in [0.25, 0.3) is 11.5 Å². The lowest BCUT2D eigenvalue weighted by molar-refractivity contribution is 0.0697. The predicted octanol–water partition coefficient (Wildman–Crippen LogP) is 4.36. The summed E-state index contributed by atoms with van der Waals surface area (Å²) in [4.78, 5) is 23.7. The molecule has 1 aromatic carbocycles. The van der Waals surface area contributed by atoms with E-state index in [2.05, 4.69) is 25.4 Å². The third-order valence-corrected chi connectivity index (χ3v) is 5.36. The van der Waals surface area contributed by atoms with Gasteiger partial charge in [-0.1, -0.05) is 0 Å². The third kappa shape index (κ3) is 5.15. The number of ether oxygens (including phenoxy) is 2. The van der Waals surface area contributed by atoms with E-state index in [1.165, 1.54) is 32.5 Å². The fourth-order valence-electron chi connectivity index (χ4n) is 3.48. The van der Waals surface area contributed by atoms with E-state index in [0.29, 0.717) is 0 Å². The number of pyridine rings is 1. The summed E-state index contributed by atoms with van der Waals surface area (Å²) in [5.41, 5.74) is -0.566. The first kappa shape index (κ1) is 25.4. The molecule has 0 amide bonds. The Hall–Kier alpha value is -4.68. The third-order valence-electron chi connectivity index (χ3n) is 5.36. The largest absolute Gasteiger partial charge is 0.494 e. The molecule has 37 heavy (non-hydrogen) atoms. The van der Waals surface area contributed by atoms with Gasteiger partial charge in [-0.05, 0) is 19.9 Å². The highest BCUT2D eigenvalue weighted by molar-refractivity contribution is 5.94. The van der Waals surface area contributed by atoms with Gasteiger partial charge in [0.15, 0.2) is 28.9 Å². The van der Waals surface area contributed by atoms with Gasteiger partial charge in [-0.2, -0.15) is 5.10 Å². The molecule has 0 saturated carbocycles. The van der Waals surface area contributed by atoms with E-state index in [4.69, 9.17) is 9.47 Å². The van der Waals surface area contributed by atoms with Crippen LogP contribution < -0.4 is 14.8 Å². The number of nitrogens with zero attached hydrogens (tertiary/aromatic N) is 5. The van der Waals surface area contributed by atoms with Crippen LogP contribution in [0.4, 0.5) is 24.7 Å². The summed E-state index contributed by atoms with van der Waals surface area (Å²) >= 11 is 0. The minimum atomic E-state index is -1.22. The van der Waals surface area contributed by atoms with Crippen molar-refractivity contribution < 1.29 is 32.5 Å². The Morgan fingerprint density at radius 2 is 1.92 bits per heavy atom. The molecular formula is C24H21F3N6O4. The van der Waals surface area contributed by atoms with E-state index in [9.17, 15) is 18.7 Å². The highest BCUT2D eigenvalue weighted by Gasteiger charge is 2.23. The minimum Gasteiger partial charge on any atom is -0.494 e. The maximum Gasteiger partial charge on any atom is 0.339 e. The van der Waals surface area contributed by atoms with Crippen LogP contribution in [-0.4, -0.2) is 49.5 Å². The Kier molecular flexibility index (Phi) is 7.22. The highest BCUT2D eigenvalue weighted by atomic mass is 19.1. The second-order valence-corrected chi connectivity index (χ2v) is 7.67. The van der Waals surface area contributed by atoms with Crippen molar-refractivity contribution in [3.8, 4) is 23.0 Å². The molecule has 10 nitrogen and oxygen atoms in total. The molecule has 0 aliphatic carbocycles. The maximum atomic E-state index is 15.2. The molecule has 4 rings (SSSR count). The fraction of sp³-hybridized carbons (Fsp3) is 0.208. The second-order valence-electron chi connectivity index (χ2n) is 7.67. The molecule has 0 aliphatic rings. The molecule has 2 N–H and O–H groups in total. The van der Waals surface area contributed by atoms with Crippen LogP contribution in [-0.2, 0) is 6.54 Å². The van der Waals surface area contributed by atoms with E-state index in [0.717, 1.165) is 23.0 Å². The molecule has 0 aliphatic heterocycles. The topological polar surface area (TPSA) is 124 Å². The quantitative estimate of drug-likeness (QED) is 0.335. The number of carbonyl (C=O) groups is 1. The number of halogens is 3. The molecule has 0 spiro atoms. The smallest absolute Gasteiger partial charge is 0.339 e. The molecule has 0 radical (unpaired) electrons. The molecule has 0 saturated heterocycles. The Balaban J connectivity index is 1.70. The van der Waals surface area contributed by atoms with Gasteiger partial charge in [0.2, 0.25) is 0 Å². The summed E-state index contributed by atoms with van der Waals surface area (Å²) in [6.07, 6.45) is 3.79. The number of methoxy groups -OCH3 is 1. The van der Waals surface area contributed by atoms with Gasteiger partial charge in [-0.25, -0.2) is 27.9 Å². The lowest BCUT2D eigenvalue weighted by Crippen LogP contribution is -2.09. The average Bonchev–Trinajstić information content (AvgIpc) is 3.15. The first-order valence-corrected chi connectivity index (χ1v) is 10.9. The van der Waals surface area contributed by atoms with Crippen LogP contribution in [0, 0.1) is 24.4 Å². The molecule has 0 bridgehead atoms. The standard InChI is InChI=1S/C24H21F3N6O4/c1-4-37-13-7-16(25)15(17(26)8-13)11-33-12(2)20(27)21(32-33)23-29-10-19(36-3)22(31-23)30-18-5-6-28-9-14(18)24(34)35/h5-10H,4,11H2,1-3H3,(H,34,35)(H,28,29,30,31). The van der Waals surface area contributed by atoms with Crippen LogP contribution in [0.3, 0.4) is 0 Å². The van der Waals surface area contributed by atoms with Gasteiger partial charge >= 0.3 is 5.97 Å². The zero-order valence-electron chi connectivity index (χ0n) is 19.9. The Labute approximate surface area is 208 Å². The van der Waals surface area contributed by atoms with Crippen molar-refractivity contribution in [1.82, 2.24) is 24.7 Å². The number of carboxylic acids is 1. The van der Waals surface area contributed by atoms with Crippen molar-refractivity contribution in [2.45, 2.75) is 20.4 Å². The highest BCUT2D eigenvalue weighted by Crippen LogP contribution is 2.30.